The Labute approximate surface area is 178 Å². The maximum atomic E-state index is 12.3. The Morgan fingerprint density at radius 1 is 1.10 bits per heavy atom. The highest BCUT2D eigenvalue weighted by Gasteiger charge is 2.13. The molecule has 0 aliphatic rings. The zero-order chi connectivity index (χ0) is 21.1. The number of benzene rings is 2. The Morgan fingerprint density at radius 3 is 2.70 bits per heavy atom. The number of fused-ring (bicyclic) bond motifs is 1. The maximum Gasteiger partial charge on any atom is 0.257 e. The topological polar surface area (TPSA) is 94.0 Å². The Morgan fingerprint density at radius 2 is 1.90 bits per heavy atom. The van der Waals surface area contributed by atoms with Crippen LogP contribution in [0.2, 0.25) is 0 Å². The van der Waals surface area contributed by atoms with Gasteiger partial charge in [-0.2, -0.15) is 4.98 Å². The summed E-state index contributed by atoms with van der Waals surface area (Å²) in [4.78, 5) is 21.1. The van der Waals surface area contributed by atoms with Gasteiger partial charge in [0.2, 0.25) is 11.8 Å². The molecule has 0 bridgehead atoms. The number of hydrogen-bond acceptors (Lipinski definition) is 7. The first kappa shape index (κ1) is 20.2. The average Bonchev–Trinajstić information content (AvgIpc) is 3.33. The van der Waals surface area contributed by atoms with E-state index in [1.807, 2.05) is 57.2 Å². The smallest absolute Gasteiger partial charge is 0.257 e. The van der Waals surface area contributed by atoms with Crippen LogP contribution in [0.25, 0.3) is 11.1 Å². The van der Waals surface area contributed by atoms with Gasteiger partial charge < -0.3 is 14.3 Å². The van der Waals surface area contributed by atoms with Crippen LogP contribution in [0.1, 0.15) is 34.8 Å². The normalized spacial score (nSPS) is 11.2. The summed E-state index contributed by atoms with van der Waals surface area (Å²) < 4.78 is 11.0. The van der Waals surface area contributed by atoms with Crippen molar-refractivity contribution in [2.75, 3.05) is 5.32 Å². The summed E-state index contributed by atoms with van der Waals surface area (Å²) in [6.07, 6.45) is 0.656. The van der Waals surface area contributed by atoms with Gasteiger partial charge in [-0.25, -0.2) is 4.98 Å². The van der Waals surface area contributed by atoms with E-state index >= 15 is 0 Å². The lowest BCUT2D eigenvalue weighted by atomic mass is 10.1. The number of carbonyl (C=O) groups is 1. The van der Waals surface area contributed by atoms with Gasteiger partial charge in [-0.05, 0) is 49.6 Å². The molecule has 0 aliphatic carbocycles. The van der Waals surface area contributed by atoms with Crippen molar-refractivity contribution >= 4 is 34.5 Å². The van der Waals surface area contributed by atoms with E-state index in [0.29, 0.717) is 29.1 Å². The zero-order valence-electron chi connectivity index (χ0n) is 17.1. The van der Waals surface area contributed by atoms with Gasteiger partial charge in [-0.3, -0.25) is 4.79 Å². The fraction of sp³-hybridized carbons (Fsp3) is 0.273. The van der Waals surface area contributed by atoms with Gasteiger partial charge in [-0.1, -0.05) is 41.2 Å². The molecule has 2 heterocycles. The molecule has 1 N–H and O–H groups in total. The van der Waals surface area contributed by atoms with Crippen LogP contribution >= 0.6 is 11.8 Å². The molecular formula is C22H22N4O3S. The van der Waals surface area contributed by atoms with Crippen LogP contribution in [0.5, 0.6) is 0 Å². The molecule has 8 heteroatoms. The molecular weight excluding hydrogens is 400 g/mol. The van der Waals surface area contributed by atoms with E-state index in [-0.39, 0.29) is 12.3 Å². The van der Waals surface area contributed by atoms with Gasteiger partial charge in [0.25, 0.3) is 5.22 Å². The lowest BCUT2D eigenvalue weighted by Gasteiger charge is -2.10. The number of rotatable bonds is 7. The number of oxazole rings is 1. The minimum absolute atomic E-state index is 0.0803. The molecule has 4 rings (SSSR count). The molecule has 0 atom stereocenters. The van der Waals surface area contributed by atoms with Crippen LogP contribution in [0.3, 0.4) is 0 Å². The molecule has 2 aromatic carbocycles. The first-order valence-electron chi connectivity index (χ1n) is 9.65. The van der Waals surface area contributed by atoms with Crippen molar-refractivity contribution in [1.29, 1.82) is 0 Å². The average molecular weight is 423 g/mol. The molecule has 0 saturated heterocycles. The molecule has 0 unspecified atom stereocenters. The van der Waals surface area contributed by atoms with Crippen LogP contribution in [0, 0.1) is 20.8 Å². The Balaban J connectivity index is 1.30. The van der Waals surface area contributed by atoms with Crippen molar-refractivity contribution in [3.8, 4) is 0 Å². The fourth-order valence-corrected chi connectivity index (χ4v) is 3.77. The Hall–Kier alpha value is -3.13. The molecule has 7 nitrogen and oxygen atoms in total. The first-order chi connectivity index (χ1) is 14.5. The summed E-state index contributed by atoms with van der Waals surface area (Å²) in [5.74, 6) is 1.38. The molecule has 0 spiro atoms. The summed E-state index contributed by atoms with van der Waals surface area (Å²) in [6.45, 7) is 5.97. The summed E-state index contributed by atoms with van der Waals surface area (Å²) in [5, 5.41) is 7.51. The van der Waals surface area contributed by atoms with E-state index in [4.69, 9.17) is 8.94 Å². The molecule has 0 fully saturated rings. The molecule has 0 radical (unpaired) electrons. The minimum atomic E-state index is -0.0803. The first-order valence-corrected chi connectivity index (χ1v) is 10.6. The summed E-state index contributed by atoms with van der Waals surface area (Å²) in [7, 11) is 0. The lowest BCUT2D eigenvalue weighted by molar-refractivity contribution is -0.116. The van der Waals surface area contributed by atoms with E-state index in [0.717, 1.165) is 33.5 Å². The number of para-hydroxylation sites is 1. The van der Waals surface area contributed by atoms with Crippen LogP contribution < -0.4 is 5.32 Å². The third kappa shape index (κ3) is 4.71. The summed E-state index contributed by atoms with van der Waals surface area (Å²) >= 11 is 1.41. The van der Waals surface area contributed by atoms with Crippen molar-refractivity contribution in [3.05, 3.63) is 64.8 Å². The Bertz CT molecular complexity index is 1180. The number of amides is 1. The predicted molar refractivity (Wildman–Crippen MR) is 115 cm³/mol. The highest BCUT2D eigenvalue weighted by Crippen LogP contribution is 2.26. The number of hydrogen-bond donors (Lipinski definition) is 1. The second-order valence-electron chi connectivity index (χ2n) is 7.16. The van der Waals surface area contributed by atoms with Crippen LogP contribution in [-0.4, -0.2) is 21.0 Å². The van der Waals surface area contributed by atoms with E-state index in [9.17, 15) is 4.79 Å². The maximum absolute atomic E-state index is 12.3. The molecule has 0 aliphatic heterocycles. The number of carbonyl (C=O) groups excluding carboxylic acids is 1. The highest BCUT2D eigenvalue weighted by atomic mass is 32.2. The van der Waals surface area contributed by atoms with Crippen LogP contribution in [-0.2, 0) is 17.0 Å². The molecule has 4 aromatic rings. The van der Waals surface area contributed by atoms with Gasteiger partial charge in [-0.15, -0.1) is 0 Å². The largest absolute Gasteiger partial charge is 0.431 e. The molecule has 2 aromatic heterocycles. The van der Waals surface area contributed by atoms with Gasteiger partial charge >= 0.3 is 0 Å². The van der Waals surface area contributed by atoms with Crippen molar-refractivity contribution in [3.63, 3.8) is 0 Å². The number of aromatic nitrogens is 3. The van der Waals surface area contributed by atoms with Crippen molar-refractivity contribution in [2.24, 2.45) is 0 Å². The van der Waals surface area contributed by atoms with Crippen LogP contribution in [0.15, 0.2) is 50.6 Å². The fourth-order valence-electron chi connectivity index (χ4n) is 3.09. The number of nitrogens with zero attached hydrogens (tertiary/aromatic N) is 3. The third-order valence-corrected chi connectivity index (χ3v) is 5.49. The lowest BCUT2D eigenvalue weighted by Crippen LogP contribution is -2.14. The quantitative estimate of drug-likeness (QED) is 0.419. The minimum Gasteiger partial charge on any atom is -0.431 e. The number of anilines is 1. The molecule has 0 saturated carbocycles. The third-order valence-electron chi connectivity index (χ3n) is 4.67. The van der Waals surface area contributed by atoms with E-state index in [1.165, 1.54) is 11.8 Å². The predicted octanol–water partition coefficient (Wildman–Crippen LogP) is 5.00. The van der Waals surface area contributed by atoms with E-state index < -0.39 is 0 Å². The van der Waals surface area contributed by atoms with Crippen molar-refractivity contribution in [2.45, 2.75) is 44.6 Å². The van der Waals surface area contributed by atoms with E-state index in [2.05, 4.69) is 20.4 Å². The standard InChI is InChI=1S/C22H22N4O3S/c1-13-7-8-17-16(11-13)23-22(28-17)30-12-18-24-20(29-26-18)10-9-19(27)25-21-14(2)5-4-6-15(21)3/h4-8,11H,9-10,12H2,1-3H3,(H,25,27). The van der Waals surface area contributed by atoms with Gasteiger partial charge in [0.05, 0.1) is 5.75 Å². The summed E-state index contributed by atoms with van der Waals surface area (Å²) in [5.41, 5.74) is 5.66. The Kier molecular flexibility index (Phi) is 5.85. The second kappa shape index (κ2) is 8.71. The monoisotopic (exact) mass is 422 g/mol. The molecule has 30 heavy (non-hydrogen) atoms. The van der Waals surface area contributed by atoms with Gasteiger partial charge in [0.1, 0.15) is 5.52 Å². The van der Waals surface area contributed by atoms with Crippen LogP contribution in [0.4, 0.5) is 5.69 Å². The van der Waals surface area contributed by atoms with Crippen molar-refractivity contribution < 1.29 is 13.7 Å². The van der Waals surface area contributed by atoms with Crippen molar-refractivity contribution in [1.82, 2.24) is 15.1 Å². The zero-order valence-corrected chi connectivity index (χ0v) is 17.9. The second-order valence-corrected chi connectivity index (χ2v) is 8.09. The highest BCUT2D eigenvalue weighted by molar-refractivity contribution is 7.98. The number of aryl methyl sites for hydroxylation is 4. The van der Waals surface area contributed by atoms with E-state index in [1.54, 1.807) is 0 Å². The SMILES string of the molecule is Cc1ccc2oc(SCc3noc(CCC(=O)Nc4c(C)cccc4C)n3)nc2c1. The number of thioether (sulfide) groups is 1. The van der Waals surface area contributed by atoms with Gasteiger partial charge in [0, 0.05) is 18.5 Å². The number of nitrogens with one attached hydrogen (secondary N) is 1. The van der Waals surface area contributed by atoms with Gasteiger partial charge in [0.15, 0.2) is 11.4 Å². The molecule has 1 amide bonds. The molecule has 154 valence electrons. The summed E-state index contributed by atoms with van der Waals surface area (Å²) in [6, 6.07) is 11.8.